The summed E-state index contributed by atoms with van der Waals surface area (Å²) < 4.78 is 23.8. The van der Waals surface area contributed by atoms with Gasteiger partial charge in [0.05, 0.1) is 39.9 Å². The van der Waals surface area contributed by atoms with Crippen molar-refractivity contribution in [2.24, 2.45) is 0 Å². The number of nitrogens with zero attached hydrogens (tertiary/aromatic N) is 1. The molecule has 0 aromatic heterocycles. The molecule has 0 saturated carbocycles. The molecule has 0 fully saturated rings. The Hall–Kier alpha value is -2.58. The van der Waals surface area contributed by atoms with E-state index in [1.54, 1.807) is 6.08 Å². The molecule has 81 heavy (non-hydrogen) atoms. The Morgan fingerprint density at radius 2 is 0.741 bits per heavy atom. The van der Waals surface area contributed by atoms with Crippen LogP contribution in [0, 0.1) is 0 Å². The maximum atomic E-state index is 13.0. The van der Waals surface area contributed by atoms with E-state index in [1.165, 1.54) is 199 Å². The normalized spacial score (nSPS) is 14.3. The summed E-state index contributed by atoms with van der Waals surface area (Å²) in [5.41, 5.74) is 0. The van der Waals surface area contributed by atoms with E-state index in [9.17, 15) is 19.4 Å². The smallest absolute Gasteiger partial charge is 0.387 e. The summed E-state index contributed by atoms with van der Waals surface area (Å²) in [5, 5.41) is 14.0. The van der Waals surface area contributed by atoms with Crippen molar-refractivity contribution >= 4 is 13.7 Å². The molecule has 1 amide bonds. The molecular formula is C72H132N2O6P+. The lowest BCUT2D eigenvalue weighted by Gasteiger charge is -2.25. The van der Waals surface area contributed by atoms with Gasteiger partial charge in [0.25, 0.3) is 0 Å². The van der Waals surface area contributed by atoms with Gasteiger partial charge in [0.1, 0.15) is 13.2 Å². The number of hydrogen-bond donors (Lipinski definition) is 3. The standard InChI is InChI=1S/C72H131N2O6P/c1-6-8-10-12-14-16-18-20-22-24-26-28-30-31-32-33-34-35-36-37-38-39-40-41-42-43-44-46-48-50-52-54-56-58-60-62-64-66-72(76)73-70(69-80-81(77,78)79-68-67-74(3,4)5)71(75)65-63-61-59-57-55-53-51-49-47-45-29-27-25-23-21-19-17-15-13-11-9-7-2/h8,10,14,16,20,22,26,28,31-32,34-35,37-38,63,65,70-71,75H,6-7,9,11-13,15,17-19,21,23-25,27,29-30,33,36,39-62,64,66-69H2,1-5H3,(H-,73,76,77,78)/p+1/b10-8-,16-14-,22-20-,28-26-,32-31-,35-34-,38-37-,65-63+. The van der Waals surface area contributed by atoms with Crippen molar-refractivity contribution < 1.29 is 32.9 Å². The molecule has 0 aliphatic heterocycles. The molecule has 0 spiro atoms. The number of aliphatic hydroxyl groups excluding tert-OH is 1. The van der Waals surface area contributed by atoms with Crippen molar-refractivity contribution in [3.05, 3.63) is 97.2 Å². The van der Waals surface area contributed by atoms with Gasteiger partial charge in [-0.15, -0.1) is 0 Å². The number of rotatable bonds is 62. The number of quaternary nitrogens is 1. The van der Waals surface area contributed by atoms with Gasteiger partial charge in [-0.25, -0.2) is 4.57 Å². The molecular weight excluding hydrogens is 1020 g/mol. The van der Waals surface area contributed by atoms with Gasteiger partial charge >= 0.3 is 7.82 Å². The fraction of sp³-hybridized carbons (Fsp3) is 0.764. The van der Waals surface area contributed by atoms with Gasteiger partial charge in [-0.1, -0.05) is 317 Å². The molecule has 0 heterocycles. The lowest BCUT2D eigenvalue weighted by molar-refractivity contribution is -0.870. The molecule has 3 unspecified atom stereocenters. The van der Waals surface area contributed by atoms with Crippen molar-refractivity contribution in [2.45, 2.75) is 315 Å². The Morgan fingerprint density at radius 3 is 1.09 bits per heavy atom. The molecule has 3 N–H and O–H groups in total. The zero-order valence-corrected chi connectivity index (χ0v) is 54.6. The minimum atomic E-state index is -4.36. The Bertz CT molecular complexity index is 1640. The average molecular weight is 1150 g/mol. The van der Waals surface area contributed by atoms with E-state index in [4.69, 9.17) is 9.05 Å². The molecule has 0 radical (unpaired) electrons. The molecule has 9 heteroatoms. The van der Waals surface area contributed by atoms with Crippen LogP contribution in [-0.4, -0.2) is 73.4 Å². The highest BCUT2D eigenvalue weighted by Gasteiger charge is 2.28. The SMILES string of the molecule is CC/C=C\C/C=C\C/C=C\C/C=C\C/C=C\C/C=C\C/C=C\CCCCCCCCCCCCCCCCCC(=O)NC(COP(=O)(O)OCC[N+](C)(C)C)C(O)/C=C/CCCCCCCCCCCCCCCCCCCCCC. The second-order valence-corrected chi connectivity index (χ2v) is 25.6. The number of phosphoric acid groups is 1. The van der Waals surface area contributed by atoms with Crippen molar-refractivity contribution in [1.82, 2.24) is 5.32 Å². The third kappa shape index (κ3) is 64.8. The minimum Gasteiger partial charge on any atom is -0.387 e. The maximum Gasteiger partial charge on any atom is 0.472 e. The van der Waals surface area contributed by atoms with Crippen molar-refractivity contribution in [3.63, 3.8) is 0 Å². The number of amides is 1. The van der Waals surface area contributed by atoms with Gasteiger partial charge in [-0.3, -0.25) is 13.8 Å². The molecule has 3 atom stereocenters. The van der Waals surface area contributed by atoms with Gasteiger partial charge < -0.3 is 19.8 Å². The van der Waals surface area contributed by atoms with Crippen LogP contribution in [0.15, 0.2) is 97.2 Å². The highest BCUT2D eigenvalue weighted by molar-refractivity contribution is 7.47. The predicted octanol–water partition coefficient (Wildman–Crippen LogP) is 21.7. The second-order valence-electron chi connectivity index (χ2n) is 24.2. The van der Waals surface area contributed by atoms with Crippen LogP contribution in [0.25, 0.3) is 0 Å². The zero-order valence-electron chi connectivity index (χ0n) is 53.8. The molecule has 0 aliphatic rings. The Morgan fingerprint density at radius 1 is 0.432 bits per heavy atom. The lowest BCUT2D eigenvalue weighted by atomic mass is 10.0. The second kappa shape index (κ2) is 62.0. The molecule has 0 aromatic rings. The highest BCUT2D eigenvalue weighted by Crippen LogP contribution is 2.43. The van der Waals surface area contributed by atoms with Crippen LogP contribution in [0.3, 0.4) is 0 Å². The highest BCUT2D eigenvalue weighted by atomic mass is 31.2. The van der Waals surface area contributed by atoms with Crippen molar-refractivity contribution in [1.29, 1.82) is 0 Å². The van der Waals surface area contributed by atoms with E-state index in [1.807, 2.05) is 27.2 Å². The monoisotopic (exact) mass is 1150 g/mol. The van der Waals surface area contributed by atoms with Crippen LogP contribution in [0.1, 0.15) is 303 Å². The fourth-order valence-electron chi connectivity index (χ4n) is 9.79. The summed E-state index contributed by atoms with van der Waals surface area (Å²) in [6.07, 6.45) is 89.7. The minimum absolute atomic E-state index is 0.0594. The van der Waals surface area contributed by atoms with Gasteiger partial charge in [0, 0.05) is 6.42 Å². The Balaban J connectivity index is 4.07. The van der Waals surface area contributed by atoms with Gasteiger partial charge in [0.15, 0.2) is 0 Å². The van der Waals surface area contributed by atoms with E-state index >= 15 is 0 Å². The summed E-state index contributed by atoms with van der Waals surface area (Å²) in [5.74, 6) is -0.176. The number of likely N-dealkylation sites (N-methyl/N-ethyl adjacent to an activating group) is 1. The molecule has 8 nitrogen and oxygen atoms in total. The third-order valence-electron chi connectivity index (χ3n) is 15.1. The number of nitrogens with one attached hydrogen (secondary N) is 1. The van der Waals surface area contributed by atoms with E-state index < -0.39 is 20.0 Å². The number of allylic oxidation sites excluding steroid dienone is 15. The largest absolute Gasteiger partial charge is 0.472 e. The number of unbranched alkanes of at least 4 members (excludes halogenated alkanes) is 35. The molecule has 0 aromatic carbocycles. The van der Waals surface area contributed by atoms with Crippen LogP contribution < -0.4 is 5.32 Å². The molecule has 0 aliphatic carbocycles. The summed E-state index contributed by atoms with van der Waals surface area (Å²) in [7, 11) is 1.57. The first kappa shape index (κ1) is 78.4. The third-order valence-corrected chi connectivity index (χ3v) is 16.0. The summed E-state index contributed by atoms with van der Waals surface area (Å²) in [4.78, 5) is 23.4. The summed E-state index contributed by atoms with van der Waals surface area (Å²) >= 11 is 0. The number of phosphoric ester groups is 1. The van der Waals surface area contributed by atoms with Crippen molar-refractivity contribution in [3.8, 4) is 0 Å². The van der Waals surface area contributed by atoms with Crippen LogP contribution >= 0.6 is 7.82 Å². The van der Waals surface area contributed by atoms with E-state index in [-0.39, 0.29) is 19.1 Å². The van der Waals surface area contributed by atoms with Gasteiger partial charge in [-0.05, 0) is 77.0 Å². The molecule has 470 valence electrons. The van der Waals surface area contributed by atoms with E-state index in [2.05, 4.69) is 104 Å². The quantitative estimate of drug-likeness (QED) is 0.0243. The predicted molar refractivity (Wildman–Crippen MR) is 355 cm³/mol. The van der Waals surface area contributed by atoms with E-state index in [0.29, 0.717) is 17.4 Å². The number of carbonyl (C=O) groups is 1. The zero-order chi connectivity index (χ0) is 59.1. The first-order chi connectivity index (χ1) is 39.5. The first-order valence-corrected chi connectivity index (χ1v) is 35.6. The van der Waals surface area contributed by atoms with Gasteiger partial charge in [-0.2, -0.15) is 0 Å². The summed E-state index contributed by atoms with van der Waals surface area (Å²) in [6, 6.07) is -0.852. The molecule has 0 saturated heterocycles. The topological polar surface area (TPSA) is 105 Å². The first-order valence-electron chi connectivity index (χ1n) is 34.1. The van der Waals surface area contributed by atoms with E-state index in [0.717, 1.165) is 83.5 Å². The fourth-order valence-corrected chi connectivity index (χ4v) is 10.5. The number of carbonyl (C=O) groups excluding carboxylic acids is 1. The van der Waals surface area contributed by atoms with Crippen LogP contribution in [0.5, 0.6) is 0 Å². The Labute approximate surface area is 502 Å². The number of hydrogen-bond acceptors (Lipinski definition) is 5. The van der Waals surface area contributed by atoms with Crippen molar-refractivity contribution in [2.75, 3.05) is 40.9 Å². The van der Waals surface area contributed by atoms with Crippen LogP contribution in [0.4, 0.5) is 0 Å². The van der Waals surface area contributed by atoms with Crippen LogP contribution in [0.2, 0.25) is 0 Å². The van der Waals surface area contributed by atoms with Gasteiger partial charge in [0.2, 0.25) is 5.91 Å². The molecule has 0 bridgehead atoms. The Kier molecular flexibility index (Phi) is 60.0. The number of aliphatic hydroxyl groups is 1. The maximum absolute atomic E-state index is 13.0. The lowest BCUT2D eigenvalue weighted by Crippen LogP contribution is -2.45. The molecule has 0 rings (SSSR count). The summed E-state index contributed by atoms with van der Waals surface area (Å²) in [6.45, 7) is 4.73. The van der Waals surface area contributed by atoms with Crippen LogP contribution in [-0.2, 0) is 18.4 Å². The average Bonchev–Trinajstić information content (AvgIpc) is 3.43.